The molecule has 1 atom stereocenters. The molecule has 0 unspecified atom stereocenters. The number of hydrogen-bond acceptors (Lipinski definition) is 4. The number of H-pyrrole nitrogens is 1. The fourth-order valence-electron chi connectivity index (χ4n) is 2.30. The van der Waals surface area contributed by atoms with Crippen LogP contribution in [0.2, 0.25) is 0 Å². The summed E-state index contributed by atoms with van der Waals surface area (Å²) in [4.78, 5) is 17.8. The predicted octanol–water partition coefficient (Wildman–Crippen LogP) is 2.52. The molecule has 0 fully saturated rings. The van der Waals surface area contributed by atoms with Crippen molar-refractivity contribution in [2.45, 2.75) is 47.1 Å². The van der Waals surface area contributed by atoms with E-state index in [1.165, 1.54) is 0 Å². The molecular formula is C14H20N4OS. The third-order valence-electron chi connectivity index (χ3n) is 3.35. The van der Waals surface area contributed by atoms with Crippen LogP contribution in [0.1, 0.15) is 45.5 Å². The van der Waals surface area contributed by atoms with E-state index in [-0.39, 0.29) is 11.9 Å². The lowest BCUT2D eigenvalue weighted by Crippen LogP contribution is -2.29. The first-order valence-corrected chi connectivity index (χ1v) is 7.44. The summed E-state index contributed by atoms with van der Waals surface area (Å²) < 4.78 is 0. The Bertz CT molecular complexity index is 610. The van der Waals surface area contributed by atoms with Crippen molar-refractivity contribution in [2.75, 3.05) is 0 Å². The maximum atomic E-state index is 12.1. The number of aromatic nitrogens is 3. The van der Waals surface area contributed by atoms with Crippen LogP contribution >= 0.6 is 11.3 Å². The van der Waals surface area contributed by atoms with Gasteiger partial charge in [0.1, 0.15) is 0 Å². The van der Waals surface area contributed by atoms with Gasteiger partial charge in [-0.25, -0.2) is 4.98 Å². The second kappa shape index (κ2) is 5.75. The zero-order chi connectivity index (χ0) is 14.9. The summed E-state index contributed by atoms with van der Waals surface area (Å²) in [6, 6.07) is -0.0695. The maximum absolute atomic E-state index is 12.1. The number of amides is 1. The summed E-state index contributed by atoms with van der Waals surface area (Å²) in [5, 5.41) is 11.0. The van der Waals surface area contributed by atoms with E-state index in [4.69, 9.17) is 0 Å². The minimum absolute atomic E-state index is 0.00449. The topological polar surface area (TPSA) is 70.7 Å². The molecule has 2 rings (SSSR count). The Morgan fingerprint density at radius 1 is 1.35 bits per heavy atom. The third kappa shape index (κ3) is 3.07. The summed E-state index contributed by atoms with van der Waals surface area (Å²) in [5.74, 6) is -0.00449. The summed E-state index contributed by atoms with van der Waals surface area (Å²) in [7, 11) is 0. The van der Waals surface area contributed by atoms with Gasteiger partial charge < -0.3 is 5.32 Å². The molecule has 0 saturated carbocycles. The predicted molar refractivity (Wildman–Crippen MR) is 79.9 cm³/mol. The number of carbonyl (C=O) groups excluding carboxylic acids is 1. The molecule has 2 heterocycles. The summed E-state index contributed by atoms with van der Waals surface area (Å²) >= 11 is 1.66. The lowest BCUT2D eigenvalue weighted by molar-refractivity contribution is -0.121. The summed E-state index contributed by atoms with van der Waals surface area (Å²) in [5.41, 5.74) is 3.76. The number of nitrogens with zero attached hydrogens (tertiary/aromatic N) is 2. The maximum Gasteiger partial charge on any atom is 0.225 e. The molecule has 0 radical (unpaired) electrons. The standard InChI is InChI=1S/C14H20N4OS/c1-7-12(8(2)18-17-7)6-13(19)15-9(3)14-10(4)20-11(5)16-14/h9H,6H2,1-5H3,(H,15,19)(H,17,18)/t9-/m0/s1. The van der Waals surface area contributed by atoms with E-state index < -0.39 is 0 Å². The molecule has 0 saturated heterocycles. The number of carbonyl (C=O) groups is 1. The second-order valence-corrected chi connectivity index (χ2v) is 6.46. The molecule has 0 aliphatic carbocycles. The molecule has 1 amide bonds. The van der Waals surface area contributed by atoms with Crippen LogP contribution in [-0.2, 0) is 11.2 Å². The highest BCUT2D eigenvalue weighted by Gasteiger charge is 2.17. The van der Waals surface area contributed by atoms with Gasteiger partial charge in [0, 0.05) is 16.1 Å². The van der Waals surface area contributed by atoms with E-state index in [0.29, 0.717) is 6.42 Å². The number of aryl methyl sites for hydroxylation is 4. The molecule has 2 aromatic heterocycles. The van der Waals surface area contributed by atoms with Gasteiger partial charge in [0.25, 0.3) is 0 Å². The molecule has 0 aliphatic heterocycles. The van der Waals surface area contributed by atoms with E-state index in [1.807, 2.05) is 34.6 Å². The largest absolute Gasteiger partial charge is 0.348 e. The van der Waals surface area contributed by atoms with Crippen LogP contribution in [-0.4, -0.2) is 21.1 Å². The fourth-order valence-corrected chi connectivity index (χ4v) is 3.22. The lowest BCUT2D eigenvalue weighted by atomic mass is 10.1. The van der Waals surface area contributed by atoms with E-state index >= 15 is 0 Å². The van der Waals surface area contributed by atoms with Crippen molar-refractivity contribution in [2.24, 2.45) is 0 Å². The van der Waals surface area contributed by atoms with Gasteiger partial charge in [-0.05, 0) is 34.6 Å². The van der Waals surface area contributed by atoms with Gasteiger partial charge in [-0.2, -0.15) is 5.10 Å². The van der Waals surface area contributed by atoms with Crippen LogP contribution in [0.15, 0.2) is 0 Å². The molecule has 0 bridgehead atoms. The van der Waals surface area contributed by atoms with Crippen LogP contribution in [0.25, 0.3) is 0 Å². The van der Waals surface area contributed by atoms with Gasteiger partial charge in [0.05, 0.1) is 28.9 Å². The first-order chi connectivity index (χ1) is 9.38. The molecular weight excluding hydrogens is 272 g/mol. The minimum Gasteiger partial charge on any atom is -0.348 e. The molecule has 6 heteroatoms. The Kier molecular flexibility index (Phi) is 4.23. The van der Waals surface area contributed by atoms with Gasteiger partial charge in [-0.15, -0.1) is 11.3 Å². The van der Waals surface area contributed by atoms with Crippen molar-refractivity contribution in [3.63, 3.8) is 0 Å². The molecule has 108 valence electrons. The quantitative estimate of drug-likeness (QED) is 0.909. The van der Waals surface area contributed by atoms with Crippen LogP contribution in [0.3, 0.4) is 0 Å². The minimum atomic E-state index is -0.0695. The summed E-state index contributed by atoms with van der Waals surface area (Å²) in [6.07, 6.45) is 0.348. The van der Waals surface area contributed by atoms with Crippen molar-refractivity contribution in [3.8, 4) is 0 Å². The van der Waals surface area contributed by atoms with Crippen LogP contribution in [0.5, 0.6) is 0 Å². The van der Waals surface area contributed by atoms with E-state index in [1.54, 1.807) is 11.3 Å². The average Bonchev–Trinajstić information content (AvgIpc) is 2.85. The zero-order valence-electron chi connectivity index (χ0n) is 12.5. The van der Waals surface area contributed by atoms with Crippen molar-refractivity contribution in [1.82, 2.24) is 20.5 Å². The van der Waals surface area contributed by atoms with Crippen molar-refractivity contribution in [1.29, 1.82) is 0 Å². The smallest absolute Gasteiger partial charge is 0.225 e. The molecule has 0 aromatic carbocycles. The monoisotopic (exact) mass is 292 g/mol. The van der Waals surface area contributed by atoms with Crippen molar-refractivity contribution < 1.29 is 4.79 Å². The van der Waals surface area contributed by atoms with Gasteiger partial charge in [0.15, 0.2) is 0 Å². The highest BCUT2D eigenvalue weighted by Crippen LogP contribution is 2.22. The summed E-state index contributed by atoms with van der Waals surface area (Å²) in [6.45, 7) is 9.82. The first kappa shape index (κ1) is 14.7. The molecule has 20 heavy (non-hydrogen) atoms. The molecule has 0 spiro atoms. The van der Waals surface area contributed by atoms with E-state index in [0.717, 1.165) is 32.5 Å². The van der Waals surface area contributed by atoms with Crippen molar-refractivity contribution >= 4 is 17.2 Å². The lowest BCUT2D eigenvalue weighted by Gasteiger charge is -2.13. The number of thiazole rings is 1. The number of rotatable bonds is 4. The van der Waals surface area contributed by atoms with E-state index in [9.17, 15) is 4.79 Å². The first-order valence-electron chi connectivity index (χ1n) is 6.62. The molecule has 2 aromatic rings. The highest BCUT2D eigenvalue weighted by atomic mass is 32.1. The Labute approximate surface area is 122 Å². The molecule has 0 aliphatic rings. The highest BCUT2D eigenvalue weighted by molar-refractivity contribution is 7.11. The average molecular weight is 292 g/mol. The Morgan fingerprint density at radius 3 is 2.55 bits per heavy atom. The Balaban J connectivity index is 2.03. The van der Waals surface area contributed by atoms with Gasteiger partial charge in [0.2, 0.25) is 5.91 Å². The van der Waals surface area contributed by atoms with Crippen LogP contribution < -0.4 is 5.32 Å². The Morgan fingerprint density at radius 2 is 2.05 bits per heavy atom. The van der Waals surface area contributed by atoms with Gasteiger partial charge in [-0.3, -0.25) is 9.89 Å². The zero-order valence-corrected chi connectivity index (χ0v) is 13.3. The number of hydrogen-bond donors (Lipinski definition) is 2. The number of nitrogens with one attached hydrogen (secondary N) is 2. The second-order valence-electron chi connectivity index (χ2n) is 5.05. The third-order valence-corrected chi connectivity index (χ3v) is 4.25. The fraction of sp³-hybridized carbons (Fsp3) is 0.500. The van der Waals surface area contributed by atoms with Crippen LogP contribution in [0.4, 0.5) is 0 Å². The SMILES string of the molecule is Cc1nc([C@H](C)NC(=O)Cc2c(C)n[nH]c2C)c(C)s1. The van der Waals surface area contributed by atoms with Gasteiger partial charge in [-0.1, -0.05) is 0 Å². The Hall–Kier alpha value is -1.69. The number of aromatic amines is 1. The molecule has 2 N–H and O–H groups in total. The van der Waals surface area contributed by atoms with Gasteiger partial charge >= 0.3 is 0 Å². The van der Waals surface area contributed by atoms with E-state index in [2.05, 4.69) is 20.5 Å². The normalized spacial score (nSPS) is 12.4. The van der Waals surface area contributed by atoms with Crippen LogP contribution in [0, 0.1) is 27.7 Å². The van der Waals surface area contributed by atoms with Crippen molar-refractivity contribution in [3.05, 3.63) is 32.5 Å². The molecule has 5 nitrogen and oxygen atoms in total.